The van der Waals surface area contributed by atoms with Crippen LogP contribution in [0.2, 0.25) is 0 Å². The number of hydrogen-bond acceptors (Lipinski definition) is 4. The molecule has 4 nitrogen and oxygen atoms in total. The Morgan fingerprint density at radius 2 is 1.95 bits per heavy atom. The highest BCUT2D eigenvalue weighted by Crippen LogP contribution is 2.25. The minimum Gasteiger partial charge on any atom is -0.481 e. The number of ether oxygens (including phenoxy) is 2. The van der Waals surface area contributed by atoms with Gasteiger partial charge in [0.05, 0.1) is 25.0 Å². The van der Waals surface area contributed by atoms with E-state index in [0.29, 0.717) is 18.1 Å². The first-order valence-electron chi connectivity index (χ1n) is 5.96. The van der Waals surface area contributed by atoms with Crippen molar-refractivity contribution in [2.45, 2.75) is 13.2 Å². The molecule has 1 aromatic heterocycles. The first-order valence-corrected chi connectivity index (χ1v) is 5.96. The zero-order chi connectivity index (χ0) is 14.4. The third kappa shape index (κ3) is 3.81. The summed E-state index contributed by atoms with van der Waals surface area (Å²) in [6.45, 7) is -2.48. The van der Waals surface area contributed by atoms with Crippen LogP contribution in [0.3, 0.4) is 0 Å². The van der Waals surface area contributed by atoms with E-state index < -0.39 is 6.61 Å². The minimum atomic E-state index is -2.85. The molecule has 0 atom stereocenters. The topological polar surface area (TPSA) is 43.4 Å². The highest BCUT2D eigenvalue weighted by molar-refractivity contribution is 5.56. The second-order valence-corrected chi connectivity index (χ2v) is 3.90. The summed E-state index contributed by atoms with van der Waals surface area (Å²) in [6.07, 6.45) is 0. The predicted octanol–water partition coefficient (Wildman–Crippen LogP) is 3.30. The molecule has 1 N–H and O–H groups in total. The van der Waals surface area contributed by atoms with Crippen molar-refractivity contribution in [2.24, 2.45) is 0 Å². The van der Waals surface area contributed by atoms with Gasteiger partial charge in [0, 0.05) is 6.07 Å². The van der Waals surface area contributed by atoms with Crippen molar-refractivity contribution in [1.29, 1.82) is 0 Å². The summed E-state index contributed by atoms with van der Waals surface area (Å²) in [4.78, 5) is 4.22. The molecule has 106 valence electrons. The number of pyridine rings is 1. The maximum Gasteiger partial charge on any atom is 0.387 e. The number of nitrogens with one attached hydrogen (secondary N) is 1. The van der Waals surface area contributed by atoms with Crippen LogP contribution in [-0.2, 0) is 6.54 Å². The van der Waals surface area contributed by atoms with E-state index in [9.17, 15) is 8.78 Å². The van der Waals surface area contributed by atoms with Crippen molar-refractivity contribution in [3.8, 4) is 11.6 Å². The number of aromatic nitrogens is 1. The van der Waals surface area contributed by atoms with E-state index in [1.165, 1.54) is 13.2 Å². The van der Waals surface area contributed by atoms with Gasteiger partial charge in [-0.15, -0.1) is 0 Å². The smallest absolute Gasteiger partial charge is 0.387 e. The Hall–Kier alpha value is -2.37. The van der Waals surface area contributed by atoms with Gasteiger partial charge in [0.25, 0.3) is 0 Å². The van der Waals surface area contributed by atoms with E-state index in [2.05, 4.69) is 15.0 Å². The zero-order valence-electron chi connectivity index (χ0n) is 10.8. The number of nitrogens with zero attached hydrogens (tertiary/aromatic N) is 1. The van der Waals surface area contributed by atoms with Crippen LogP contribution in [0.4, 0.5) is 14.5 Å². The molecule has 0 amide bonds. The fourth-order valence-corrected chi connectivity index (χ4v) is 1.67. The number of benzene rings is 1. The molecule has 0 saturated heterocycles. The first-order chi connectivity index (χ1) is 9.69. The third-order valence-corrected chi connectivity index (χ3v) is 2.55. The lowest BCUT2D eigenvalue weighted by Gasteiger charge is -2.12. The molecule has 2 rings (SSSR count). The van der Waals surface area contributed by atoms with E-state index in [-0.39, 0.29) is 5.75 Å². The molecular formula is C14H14F2N2O2. The Bertz CT molecular complexity index is 564. The molecule has 0 saturated carbocycles. The molecule has 2 aromatic rings. The first kappa shape index (κ1) is 14.0. The van der Waals surface area contributed by atoms with E-state index >= 15 is 0 Å². The number of hydrogen-bond donors (Lipinski definition) is 1. The van der Waals surface area contributed by atoms with Crippen LogP contribution in [0.5, 0.6) is 11.6 Å². The number of anilines is 1. The highest BCUT2D eigenvalue weighted by atomic mass is 19.3. The molecule has 0 aliphatic carbocycles. The second-order valence-electron chi connectivity index (χ2n) is 3.90. The maximum absolute atomic E-state index is 12.3. The Labute approximate surface area is 115 Å². The quantitative estimate of drug-likeness (QED) is 0.881. The molecule has 0 unspecified atom stereocenters. The van der Waals surface area contributed by atoms with Crippen LogP contribution < -0.4 is 14.8 Å². The summed E-state index contributed by atoms with van der Waals surface area (Å²) in [5.74, 6) is 0.604. The molecule has 0 aliphatic rings. The monoisotopic (exact) mass is 280 g/mol. The van der Waals surface area contributed by atoms with Crippen molar-refractivity contribution in [1.82, 2.24) is 4.98 Å². The SMILES string of the molecule is COc1cccc(CNc2ccccc2OC(F)F)n1. The summed E-state index contributed by atoms with van der Waals surface area (Å²) in [5.41, 5.74) is 1.22. The van der Waals surface area contributed by atoms with Gasteiger partial charge in [0.2, 0.25) is 5.88 Å². The normalized spacial score (nSPS) is 10.4. The van der Waals surface area contributed by atoms with Crippen molar-refractivity contribution >= 4 is 5.69 Å². The number of alkyl halides is 2. The van der Waals surface area contributed by atoms with Crippen LogP contribution in [-0.4, -0.2) is 18.7 Å². The number of rotatable bonds is 6. The Kier molecular flexibility index (Phi) is 4.70. The van der Waals surface area contributed by atoms with Crippen LogP contribution in [0, 0.1) is 0 Å². The standard InChI is InChI=1S/C14H14F2N2O2/c1-19-13-8-4-5-10(18-13)9-17-11-6-2-3-7-12(11)20-14(15)16/h2-8,14,17H,9H2,1H3. The van der Waals surface area contributed by atoms with Gasteiger partial charge in [-0.05, 0) is 18.2 Å². The fraction of sp³-hybridized carbons (Fsp3) is 0.214. The van der Waals surface area contributed by atoms with Gasteiger partial charge in [0.1, 0.15) is 5.75 Å². The molecule has 1 aromatic carbocycles. The molecule has 0 radical (unpaired) electrons. The largest absolute Gasteiger partial charge is 0.481 e. The van der Waals surface area contributed by atoms with Gasteiger partial charge in [0.15, 0.2) is 0 Å². The zero-order valence-corrected chi connectivity index (χ0v) is 10.8. The molecule has 6 heteroatoms. The van der Waals surface area contributed by atoms with Crippen LogP contribution in [0.1, 0.15) is 5.69 Å². The predicted molar refractivity (Wildman–Crippen MR) is 71.2 cm³/mol. The van der Waals surface area contributed by atoms with E-state index in [0.717, 1.165) is 5.69 Å². The summed E-state index contributed by atoms with van der Waals surface area (Å²) in [7, 11) is 1.53. The summed E-state index contributed by atoms with van der Waals surface area (Å²) < 4.78 is 34.0. The molecule has 0 fully saturated rings. The van der Waals surface area contributed by atoms with E-state index in [4.69, 9.17) is 4.74 Å². The molecule has 1 heterocycles. The van der Waals surface area contributed by atoms with Crippen molar-refractivity contribution in [3.63, 3.8) is 0 Å². The second kappa shape index (κ2) is 6.70. The highest BCUT2D eigenvalue weighted by Gasteiger charge is 2.09. The van der Waals surface area contributed by atoms with E-state index in [1.54, 1.807) is 24.3 Å². The van der Waals surface area contributed by atoms with Crippen LogP contribution >= 0.6 is 0 Å². The van der Waals surface area contributed by atoms with Crippen molar-refractivity contribution in [2.75, 3.05) is 12.4 Å². The van der Waals surface area contributed by atoms with Crippen molar-refractivity contribution in [3.05, 3.63) is 48.2 Å². The summed E-state index contributed by atoms with van der Waals surface area (Å²) in [5, 5.41) is 3.01. The third-order valence-electron chi connectivity index (χ3n) is 2.55. The summed E-state index contributed by atoms with van der Waals surface area (Å²) in [6, 6.07) is 11.9. The van der Waals surface area contributed by atoms with Gasteiger partial charge in [-0.2, -0.15) is 8.78 Å². The lowest BCUT2D eigenvalue weighted by atomic mass is 10.2. The Balaban J connectivity index is 2.06. The average Bonchev–Trinajstić information content (AvgIpc) is 2.46. The van der Waals surface area contributed by atoms with Gasteiger partial charge in [-0.3, -0.25) is 0 Å². The molecule has 0 aliphatic heterocycles. The number of halogens is 2. The van der Waals surface area contributed by atoms with E-state index in [1.807, 2.05) is 12.1 Å². The number of methoxy groups -OCH3 is 1. The Morgan fingerprint density at radius 3 is 2.70 bits per heavy atom. The maximum atomic E-state index is 12.3. The number of para-hydroxylation sites is 2. The fourth-order valence-electron chi connectivity index (χ4n) is 1.67. The van der Waals surface area contributed by atoms with Crippen LogP contribution in [0.25, 0.3) is 0 Å². The van der Waals surface area contributed by atoms with Crippen molar-refractivity contribution < 1.29 is 18.3 Å². The molecule has 20 heavy (non-hydrogen) atoms. The minimum absolute atomic E-state index is 0.102. The van der Waals surface area contributed by atoms with Gasteiger partial charge >= 0.3 is 6.61 Å². The lowest BCUT2D eigenvalue weighted by molar-refractivity contribution is -0.0493. The van der Waals surface area contributed by atoms with Crippen LogP contribution in [0.15, 0.2) is 42.5 Å². The molecule has 0 spiro atoms. The Morgan fingerprint density at radius 1 is 1.15 bits per heavy atom. The molecule has 0 bridgehead atoms. The van der Waals surface area contributed by atoms with Gasteiger partial charge in [-0.25, -0.2) is 4.98 Å². The molecular weight excluding hydrogens is 266 g/mol. The average molecular weight is 280 g/mol. The van der Waals surface area contributed by atoms with Gasteiger partial charge in [-0.1, -0.05) is 18.2 Å². The van der Waals surface area contributed by atoms with Gasteiger partial charge < -0.3 is 14.8 Å². The lowest BCUT2D eigenvalue weighted by Crippen LogP contribution is -2.07. The summed E-state index contributed by atoms with van der Waals surface area (Å²) >= 11 is 0.